The van der Waals surface area contributed by atoms with Crippen LogP contribution in [0.5, 0.6) is 0 Å². The number of nitro benzene ring substituents is 1. The maximum Gasteiger partial charge on any atom is 0.269 e. The van der Waals surface area contributed by atoms with E-state index < -0.39 is 4.92 Å². The van der Waals surface area contributed by atoms with Gasteiger partial charge in [-0.3, -0.25) is 10.1 Å². The first-order valence-corrected chi connectivity index (χ1v) is 2.83. The molecule has 3 heteroatoms. The van der Waals surface area contributed by atoms with Gasteiger partial charge in [-0.1, -0.05) is 12.1 Å². The highest BCUT2D eigenvalue weighted by molar-refractivity contribution is 5.33. The largest absolute Gasteiger partial charge is 0.269 e. The minimum Gasteiger partial charge on any atom is -0.258 e. The molecule has 10 heavy (non-hydrogen) atoms. The lowest BCUT2D eigenvalue weighted by Crippen LogP contribution is -1.86. The Morgan fingerprint density at radius 2 is 2.50 bits per heavy atom. The molecule has 0 aliphatic rings. The molecule has 0 amide bonds. The van der Waals surface area contributed by atoms with Crippen molar-refractivity contribution in [1.82, 2.24) is 0 Å². The summed E-state index contributed by atoms with van der Waals surface area (Å²) < 4.78 is 7.16. The minimum atomic E-state index is -0.546. The van der Waals surface area contributed by atoms with Crippen molar-refractivity contribution < 1.29 is 6.29 Å². The van der Waals surface area contributed by atoms with E-state index in [0.717, 1.165) is 5.56 Å². The van der Waals surface area contributed by atoms with Gasteiger partial charge in [-0.05, 0) is 12.5 Å². The summed E-state index contributed by atoms with van der Waals surface area (Å²) in [6, 6.07) is 4.45. The lowest BCUT2D eigenvalue weighted by molar-refractivity contribution is -0.384. The Bertz CT molecular complexity index is 298. The van der Waals surface area contributed by atoms with Crippen molar-refractivity contribution in [2.45, 2.75) is 6.92 Å². The van der Waals surface area contributed by atoms with Gasteiger partial charge in [0.25, 0.3) is 5.69 Å². The fourth-order valence-corrected chi connectivity index (χ4v) is 0.669. The molecule has 0 spiro atoms. The Morgan fingerprint density at radius 1 is 1.80 bits per heavy atom. The smallest absolute Gasteiger partial charge is 0.258 e. The van der Waals surface area contributed by atoms with E-state index >= 15 is 0 Å². The van der Waals surface area contributed by atoms with Gasteiger partial charge in [0.05, 0.1) is 6.29 Å². The zero-order valence-electron chi connectivity index (χ0n) is 6.50. The number of aryl methyl sites for hydroxylation is 1. The van der Waals surface area contributed by atoms with E-state index in [4.69, 9.17) is 1.37 Å². The first-order valence-electron chi connectivity index (χ1n) is 3.33. The van der Waals surface area contributed by atoms with Gasteiger partial charge in [0.2, 0.25) is 0 Å². The quantitative estimate of drug-likeness (QED) is 0.439. The number of nitrogens with zero attached hydrogens (tertiary/aromatic N) is 1. The molecule has 0 N–H and O–H groups in total. The summed E-state index contributed by atoms with van der Waals surface area (Å²) in [6.45, 7) is 1.76. The SMILES string of the molecule is [2H]c1ccc(C)cc1[N+](=O)[O-]. The molecule has 0 bridgehead atoms. The number of hydrogen-bond donors (Lipinski definition) is 0. The monoisotopic (exact) mass is 138 g/mol. The van der Waals surface area contributed by atoms with E-state index in [9.17, 15) is 10.1 Å². The average molecular weight is 138 g/mol. The molecule has 0 radical (unpaired) electrons. The van der Waals surface area contributed by atoms with Crippen molar-refractivity contribution in [2.24, 2.45) is 0 Å². The summed E-state index contributed by atoms with van der Waals surface area (Å²) in [5.74, 6) is 0. The van der Waals surface area contributed by atoms with Crippen molar-refractivity contribution in [3.05, 3.63) is 39.9 Å². The maximum absolute atomic E-state index is 10.3. The van der Waals surface area contributed by atoms with E-state index in [1.54, 1.807) is 13.0 Å². The lowest BCUT2D eigenvalue weighted by Gasteiger charge is -1.90. The molecule has 1 aromatic rings. The Labute approximate surface area is 59.9 Å². The molecule has 0 unspecified atom stereocenters. The highest BCUT2D eigenvalue weighted by Crippen LogP contribution is 2.11. The first-order chi connectivity index (χ1) is 5.11. The normalized spacial score (nSPS) is 10.7. The van der Waals surface area contributed by atoms with Gasteiger partial charge < -0.3 is 0 Å². The Morgan fingerprint density at radius 3 is 3.00 bits per heavy atom. The molecule has 0 aromatic heterocycles. The molecule has 0 aliphatic heterocycles. The summed E-state index contributed by atoms with van der Waals surface area (Å²) in [5, 5.41) is 10.3. The number of benzene rings is 1. The van der Waals surface area contributed by atoms with Crippen LogP contribution in [0.2, 0.25) is 0 Å². The van der Waals surface area contributed by atoms with Crippen LogP contribution in [-0.2, 0) is 0 Å². The van der Waals surface area contributed by atoms with Crippen molar-refractivity contribution in [3.8, 4) is 0 Å². The van der Waals surface area contributed by atoms with Crippen molar-refractivity contribution in [2.75, 3.05) is 0 Å². The van der Waals surface area contributed by atoms with Crippen molar-refractivity contribution in [1.29, 1.82) is 0 Å². The molecule has 0 saturated heterocycles. The van der Waals surface area contributed by atoms with E-state index in [0.29, 0.717) is 0 Å². The van der Waals surface area contributed by atoms with Crippen LogP contribution in [0.1, 0.15) is 6.93 Å². The second kappa shape index (κ2) is 2.47. The van der Waals surface area contributed by atoms with Gasteiger partial charge in [0.15, 0.2) is 0 Å². The van der Waals surface area contributed by atoms with Crippen LogP contribution in [0.3, 0.4) is 0 Å². The highest BCUT2D eigenvalue weighted by Gasteiger charge is 2.01. The molecule has 0 aliphatic carbocycles. The van der Waals surface area contributed by atoms with Crippen LogP contribution in [0.4, 0.5) is 5.69 Å². The predicted molar refractivity (Wildman–Crippen MR) is 37.8 cm³/mol. The van der Waals surface area contributed by atoms with Crippen LogP contribution >= 0.6 is 0 Å². The fraction of sp³-hybridized carbons (Fsp3) is 0.143. The molecule has 0 fully saturated rings. The molecule has 1 aromatic carbocycles. The molecular formula is C7H7NO2. The number of hydrogen-bond acceptors (Lipinski definition) is 2. The molecule has 3 nitrogen and oxygen atoms in total. The lowest BCUT2D eigenvalue weighted by atomic mass is 10.2. The third-order valence-electron chi connectivity index (χ3n) is 1.14. The van der Waals surface area contributed by atoms with Gasteiger partial charge in [-0.2, -0.15) is 0 Å². The molecular weight excluding hydrogens is 130 g/mol. The maximum atomic E-state index is 10.3. The van der Waals surface area contributed by atoms with E-state index in [-0.39, 0.29) is 11.7 Å². The third-order valence-corrected chi connectivity index (χ3v) is 1.14. The Kier molecular flexibility index (Phi) is 1.34. The minimum absolute atomic E-state index is 0.0411. The molecule has 52 valence electrons. The van der Waals surface area contributed by atoms with Gasteiger partial charge in [0, 0.05) is 12.1 Å². The Balaban J connectivity index is 3.23. The predicted octanol–water partition coefficient (Wildman–Crippen LogP) is 1.90. The van der Waals surface area contributed by atoms with Gasteiger partial charge in [-0.15, -0.1) is 0 Å². The Hall–Kier alpha value is -1.38. The van der Waals surface area contributed by atoms with Gasteiger partial charge in [0.1, 0.15) is 0 Å². The van der Waals surface area contributed by atoms with E-state index in [1.165, 1.54) is 12.1 Å². The third kappa shape index (κ3) is 1.31. The first kappa shape index (κ1) is 5.41. The second-order valence-electron chi connectivity index (χ2n) is 2.01. The summed E-state index contributed by atoms with van der Waals surface area (Å²) in [7, 11) is 0. The van der Waals surface area contributed by atoms with Gasteiger partial charge >= 0.3 is 0 Å². The number of nitro groups is 1. The zero-order chi connectivity index (χ0) is 8.43. The molecule has 0 atom stereocenters. The number of rotatable bonds is 1. The van der Waals surface area contributed by atoms with E-state index in [2.05, 4.69) is 0 Å². The summed E-state index contributed by atoms with van der Waals surface area (Å²) >= 11 is 0. The average Bonchev–Trinajstić information content (AvgIpc) is 1.94. The zero-order valence-corrected chi connectivity index (χ0v) is 5.50. The van der Waals surface area contributed by atoms with Crippen LogP contribution < -0.4 is 0 Å². The van der Waals surface area contributed by atoms with E-state index in [1.807, 2.05) is 0 Å². The standard InChI is InChI=1S/C7H7NO2/c1-6-3-2-4-7(5-6)8(9)10/h2-5H,1H3/i4D. The fourth-order valence-electron chi connectivity index (χ4n) is 0.669. The molecule has 1 rings (SSSR count). The van der Waals surface area contributed by atoms with Gasteiger partial charge in [-0.25, -0.2) is 0 Å². The summed E-state index contributed by atoms with van der Waals surface area (Å²) in [5.41, 5.74) is 0.665. The van der Waals surface area contributed by atoms with Crippen LogP contribution in [0, 0.1) is 17.0 Å². The van der Waals surface area contributed by atoms with Crippen molar-refractivity contribution in [3.63, 3.8) is 0 Å². The van der Waals surface area contributed by atoms with Crippen molar-refractivity contribution >= 4 is 5.69 Å². The second-order valence-corrected chi connectivity index (χ2v) is 2.01. The summed E-state index contributed by atoms with van der Waals surface area (Å²) in [6.07, 6.45) is 0. The van der Waals surface area contributed by atoms with Crippen LogP contribution in [-0.4, -0.2) is 4.92 Å². The summed E-state index contributed by atoms with van der Waals surface area (Å²) in [4.78, 5) is 9.71. The molecule has 0 heterocycles. The topological polar surface area (TPSA) is 43.1 Å². The molecule has 0 saturated carbocycles. The van der Waals surface area contributed by atoms with Crippen LogP contribution in [0.25, 0.3) is 0 Å². The highest BCUT2D eigenvalue weighted by atomic mass is 16.6. The van der Waals surface area contributed by atoms with Crippen LogP contribution in [0.15, 0.2) is 24.2 Å².